The first kappa shape index (κ1) is 12.6. The number of aliphatic hydroxyl groups excluding tert-OH is 2. The van der Waals surface area contributed by atoms with Gasteiger partial charge in [0.2, 0.25) is 0 Å². The lowest BCUT2D eigenvalue weighted by molar-refractivity contribution is -0.153. The zero-order valence-electron chi connectivity index (χ0n) is 7.26. The third-order valence-corrected chi connectivity index (χ3v) is 3.00. The summed E-state index contributed by atoms with van der Waals surface area (Å²) in [6, 6.07) is 0. The van der Waals surface area contributed by atoms with Crippen LogP contribution in [-0.4, -0.2) is 32.4 Å². The SMILES string of the molecule is O=C(O)C(O)C(O)c1c(Br)cncc1Br. The second kappa shape index (κ2) is 5.02. The number of hydrogen-bond donors (Lipinski definition) is 3. The summed E-state index contributed by atoms with van der Waals surface area (Å²) in [6.07, 6.45) is -0.593. The van der Waals surface area contributed by atoms with Gasteiger partial charge in [0.25, 0.3) is 0 Å². The molecule has 0 aromatic carbocycles. The third kappa shape index (κ3) is 2.75. The molecule has 3 N–H and O–H groups in total. The third-order valence-electron chi connectivity index (χ3n) is 1.74. The van der Waals surface area contributed by atoms with Gasteiger partial charge in [0.1, 0.15) is 6.10 Å². The number of hydrogen-bond acceptors (Lipinski definition) is 4. The Bertz CT molecular complexity index is 365. The second-order valence-corrected chi connectivity index (χ2v) is 4.45. The Labute approximate surface area is 102 Å². The van der Waals surface area contributed by atoms with E-state index in [1.807, 2.05) is 0 Å². The molecule has 2 unspecified atom stereocenters. The van der Waals surface area contributed by atoms with Gasteiger partial charge in [-0.1, -0.05) is 0 Å². The zero-order valence-corrected chi connectivity index (χ0v) is 10.4. The molecule has 0 amide bonds. The highest BCUT2D eigenvalue weighted by molar-refractivity contribution is 9.11. The molecule has 2 atom stereocenters. The number of carbonyl (C=O) groups is 1. The van der Waals surface area contributed by atoms with E-state index < -0.39 is 18.2 Å². The van der Waals surface area contributed by atoms with Crippen molar-refractivity contribution in [1.29, 1.82) is 0 Å². The maximum atomic E-state index is 10.5. The largest absolute Gasteiger partial charge is 0.479 e. The van der Waals surface area contributed by atoms with Crippen molar-refractivity contribution in [3.8, 4) is 0 Å². The summed E-state index contributed by atoms with van der Waals surface area (Å²) in [4.78, 5) is 14.3. The number of aromatic nitrogens is 1. The molecule has 0 aliphatic carbocycles. The van der Waals surface area contributed by atoms with Crippen molar-refractivity contribution < 1.29 is 20.1 Å². The van der Waals surface area contributed by atoms with Crippen LogP contribution in [0.4, 0.5) is 0 Å². The van der Waals surface area contributed by atoms with Crippen molar-refractivity contribution in [1.82, 2.24) is 4.98 Å². The highest BCUT2D eigenvalue weighted by atomic mass is 79.9. The Morgan fingerprint density at radius 1 is 1.27 bits per heavy atom. The molecule has 82 valence electrons. The van der Waals surface area contributed by atoms with Gasteiger partial charge < -0.3 is 15.3 Å². The maximum Gasteiger partial charge on any atom is 0.335 e. The van der Waals surface area contributed by atoms with Crippen LogP contribution in [0, 0.1) is 0 Å². The number of nitrogens with zero attached hydrogens (tertiary/aromatic N) is 1. The lowest BCUT2D eigenvalue weighted by Gasteiger charge is -2.16. The van der Waals surface area contributed by atoms with Crippen LogP contribution in [0.2, 0.25) is 0 Å². The highest BCUT2D eigenvalue weighted by Crippen LogP contribution is 2.31. The minimum Gasteiger partial charge on any atom is -0.479 e. The van der Waals surface area contributed by atoms with E-state index in [0.29, 0.717) is 8.95 Å². The summed E-state index contributed by atoms with van der Waals surface area (Å²) in [7, 11) is 0. The Hall–Kier alpha value is -0.500. The average Bonchev–Trinajstić information content (AvgIpc) is 2.15. The van der Waals surface area contributed by atoms with E-state index in [-0.39, 0.29) is 5.56 Å². The smallest absolute Gasteiger partial charge is 0.335 e. The number of halogens is 2. The zero-order chi connectivity index (χ0) is 11.6. The van der Waals surface area contributed by atoms with Gasteiger partial charge in [0, 0.05) is 26.9 Å². The second-order valence-electron chi connectivity index (χ2n) is 2.74. The molecule has 1 rings (SSSR count). The fourth-order valence-corrected chi connectivity index (χ4v) is 2.40. The fraction of sp³-hybridized carbons (Fsp3) is 0.250. The van der Waals surface area contributed by atoms with E-state index >= 15 is 0 Å². The standard InChI is InChI=1S/C8H7Br2NO4/c9-3-1-11-2-4(10)5(3)6(12)7(13)8(14)15/h1-2,6-7,12-13H,(H,14,15). The van der Waals surface area contributed by atoms with Crippen LogP contribution in [0.15, 0.2) is 21.3 Å². The molecule has 0 spiro atoms. The van der Waals surface area contributed by atoms with Crippen LogP contribution in [0.1, 0.15) is 11.7 Å². The van der Waals surface area contributed by atoms with Crippen LogP contribution in [-0.2, 0) is 4.79 Å². The Morgan fingerprint density at radius 2 is 1.73 bits per heavy atom. The van der Waals surface area contributed by atoms with E-state index in [0.717, 1.165) is 0 Å². The molecule has 1 heterocycles. The van der Waals surface area contributed by atoms with E-state index in [2.05, 4.69) is 36.8 Å². The molecule has 0 saturated heterocycles. The molecule has 15 heavy (non-hydrogen) atoms. The maximum absolute atomic E-state index is 10.5. The van der Waals surface area contributed by atoms with Crippen molar-refractivity contribution in [3.63, 3.8) is 0 Å². The summed E-state index contributed by atoms with van der Waals surface area (Å²) in [5.74, 6) is -1.49. The number of pyridine rings is 1. The van der Waals surface area contributed by atoms with Crippen molar-refractivity contribution in [2.75, 3.05) is 0 Å². The lowest BCUT2D eigenvalue weighted by atomic mass is 10.1. The Balaban J connectivity index is 3.10. The minimum absolute atomic E-state index is 0.250. The van der Waals surface area contributed by atoms with E-state index in [1.54, 1.807) is 0 Å². The first-order valence-electron chi connectivity index (χ1n) is 3.83. The topological polar surface area (TPSA) is 90.7 Å². The average molecular weight is 341 g/mol. The van der Waals surface area contributed by atoms with Crippen LogP contribution < -0.4 is 0 Å². The van der Waals surface area contributed by atoms with Crippen molar-refractivity contribution in [3.05, 3.63) is 26.9 Å². The van der Waals surface area contributed by atoms with Gasteiger partial charge >= 0.3 is 5.97 Å². The van der Waals surface area contributed by atoms with E-state index in [4.69, 9.17) is 5.11 Å². The summed E-state index contributed by atoms with van der Waals surface area (Å²) in [5, 5.41) is 27.3. The summed E-state index contributed by atoms with van der Waals surface area (Å²) in [5.41, 5.74) is 0.250. The van der Waals surface area contributed by atoms with Crippen LogP contribution in [0.5, 0.6) is 0 Å². The Morgan fingerprint density at radius 3 is 2.13 bits per heavy atom. The van der Waals surface area contributed by atoms with E-state index in [9.17, 15) is 15.0 Å². The predicted molar refractivity (Wildman–Crippen MR) is 58.2 cm³/mol. The molecule has 0 fully saturated rings. The molecule has 0 aliphatic rings. The first-order valence-corrected chi connectivity index (χ1v) is 5.41. The van der Waals surface area contributed by atoms with Gasteiger partial charge in [-0.2, -0.15) is 0 Å². The fourth-order valence-electron chi connectivity index (χ4n) is 0.997. The van der Waals surface area contributed by atoms with Gasteiger partial charge in [0.15, 0.2) is 6.10 Å². The number of aliphatic hydroxyl groups is 2. The number of rotatable bonds is 3. The van der Waals surface area contributed by atoms with Gasteiger partial charge in [-0.3, -0.25) is 4.98 Å². The molecule has 1 aromatic rings. The predicted octanol–water partition coefficient (Wildman–Crippen LogP) is 1.09. The quantitative estimate of drug-likeness (QED) is 0.766. The molecule has 0 bridgehead atoms. The van der Waals surface area contributed by atoms with E-state index in [1.165, 1.54) is 12.4 Å². The molecule has 1 aromatic heterocycles. The summed E-state index contributed by atoms with van der Waals surface area (Å²) in [6.45, 7) is 0. The number of carboxylic acid groups (broad SMARTS) is 1. The Kier molecular flexibility index (Phi) is 4.21. The van der Waals surface area contributed by atoms with Crippen molar-refractivity contribution >= 4 is 37.8 Å². The first-order chi connectivity index (χ1) is 6.95. The van der Waals surface area contributed by atoms with Gasteiger partial charge in [0.05, 0.1) is 0 Å². The minimum atomic E-state index is -1.88. The molecule has 0 saturated carbocycles. The lowest BCUT2D eigenvalue weighted by Crippen LogP contribution is -2.28. The molecule has 7 heteroatoms. The van der Waals surface area contributed by atoms with Crippen LogP contribution in [0.25, 0.3) is 0 Å². The number of carboxylic acids is 1. The van der Waals surface area contributed by atoms with Crippen LogP contribution >= 0.6 is 31.9 Å². The normalized spacial score (nSPS) is 14.7. The molecule has 5 nitrogen and oxygen atoms in total. The van der Waals surface area contributed by atoms with Crippen molar-refractivity contribution in [2.24, 2.45) is 0 Å². The highest BCUT2D eigenvalue weighted by Gasteiger charge is 2.28. The van der Waals surface area contributed by atoms with Gasteiger partial charge in [-0.25, -0.2) is 4.79 Å². The molecule has 0 radical (unpaired) electrons. The van der Waals surface area contributed by atoms with Crippen molar-refractivity contribution in [2.45, 2.75) is 12.2 Å². The molecular weight excluding hydrogens is 334 g/mol. The molecule has 0 aliphatic heterocycles. The summed E-state index contributed by atoms with van der Waals surface area (Å²) >= 11 is 6.22. The monoisotopic (exact) mass is 339 g/mol. The molecular formula is C8H7Br2NO4. The summed E-state index contributed by atoms with van der Waals surface area (Å²) < 4.78 is 0.842. The van der Waals surface area contributed by atoms with Gasteiger partial charge in [-0.05, 0) is 31.9 Å². The number of aliphatic carboxylic acids is 1. The van der Waals surface area contributed by atoms with Gasteiger partial charge in [-0.15, -0.1) is 0 Å². The van der Waals surface area contributed by atoms with Crippen LogP contribution in [0.3, 0.4) is 0 Å².